The molecule has 0 radical (unpaired) electrons. The summed E-state index contributed by atoms with van der Waals surface area (Å²) < 4.78 is 11.6. The lowest BCUT2D eigenvalue weighted by Crippen LogP contribution is -2.26. The van der Waals surface area contributed by atoms with Crippen molar-refractivity contribution < 1.29 is 18.8 Å². The molecule has 9 heteroatoms. The summed E-state index contributed by atoms with van der Waals surface area (Å²) >= 11 is 0. The number of nitrogens with one attached hydrogen (secondary N) is 1. The SMILES string of the molecule is CCOC(=O)c1cccc(NC(=O)Cn2cc(-c3nc(-c4ccc(C)cc4)no3)ccc2=O)c1. The van der Waals surface area contributed by atoms with Crippen LogP contribution in [0.15, 0.2) is 76.2 Å². The second kappa shape index (κ2) is 9.95. The predicted molar refractivity (Wildman–Crippen MR) is 125 cm³/mol. The van der Waals surface area contributed by atoms with E-state index in [4.69, 9.17) is 9.26 Å². The Morgan fingerprint density at radius 3 is 2.59 bits per heavy atom. The number of aryl methyl sites for hydroxylation is 1. The number of carbonyl (C=O) groups is 2. The minimum atomic E-state index is -0.480. The maximum atomic E-state index is 12.6. The summed E-state index contributed by atoms with van der Waals surface area (Å²) in [7, 11) is 0. The van der Waals surface area contributed by atoms with Gasteiger partial charge in [-0.1, -0.05) is 41.1 Å². The zero-order valence-corrected chi connectivity index (χ0v) is 18.6. The van der Waals surface area contributed by atoms with Crippen LogP contribution in [0.1, 0.15) is 22.8 Å². The number of carbonyl (C=O) groups excluding carboxylic acids is 2. The first-order valence-corrected chi connectivity index (χ1v) is 10.6. The zero-order chi connectivity index (χ0) is 24.1. The molecule has 9 nitrogen and oxygen atoms in total. The van der Waals surface area contributed by atoms with Crippen molar-refractivity contribution >= 4 is 17.6 Å². The third kappa shape index (κ3) is 5.26. The number of aromatic nitrogens is 3. The van der Waals surface area contributed by atoms with Crippen LogP contribution in [-0.4, -0.2) is 33.2 Å². The van der Waals surface area contributed by atoms with Crippen molar-refractivity contribution in [1.29, 1.82) is 0 Å². The highest BCUT2D eigenvalue weighted by Gasteiger charge is 2.14. The molecule has 4 rings (SSSR count). The van der Waals surface area contributed by atoms with Gasteiger partial charge in [0.25, 0.3) is 11.4 Å². The molecule has 0 saturated heterocycles. The summed E-state index contributed by atoms with van der Waals surface area (Å²) in [6.07, 6.45) is 1.49. The van der Waals surface area contributed by atoms with E-state index >= 15 is 0 Å². The Kier molecular flexibility index (Phi) is 6.63. The van der Waals surface area contributed by atoms with Crippen molar-refractivity contribution in [3.05, 3.63) is 88.3 Å². The van der Waals surface area contributed by atoms with Gasteiger partial charge in [0.2, 0.25) is 11.7 Å². The predicted octanol–water partition coefficient (Wildman–Crippen LogP) is 3.69. The number of rotatable bonds is 7. The topological polar surface area (TPSA) is 116 Å². The van der Waals surface area contributed by atoms with Gasteiger partial charge in [-0.05, 0) is 38.1 Å². The number of anilines is 1. The number of ether oxygens (including phenoxy) is 1. The Balaban J connectivity index is 1.49. The first-order valence-electron chi connectivity index (χ1n) is 10.6. The van der Waals surface area contributed by atoms with E-state index in [0.717, 1.165) is 11.1 Å². The van der Waals surface area contributed by atoms with Gasteiger partial charge in [0.15, 0.2) is 0 Å². The van der Waals surface area contributed by atoms with Gasteiger partial charge < -0.3 is 19.1 Å². The first kappa shape index (κ1) is 22.7. The van der Waals surface area contributed by atoms with Crippen molar-refractivity contribution in [1.82, 2.24) is 14.7 Å². The summed E-state index contributed by atoms with van der Waals surface area (Å²) in [5, 5.41) is 6.69. The van der Waals surface area contributed by atoms with Crippen molar-refractivity contribution in [2.45, 2.75) is 20.4 Å². The van der Waals surface area contributed by atoms with E-state index in [0.29, 0.717) is 22.6 Å². The van der Waals surface area contributed by atoms with E-state index in [-0.39, 0.29) is 24.6 Å². The molecule has 0 aliphatic rings. The zero-order valence-electron chi connectivity index (χ0n) is 18.6. The van der Waals surface area contributed by atoms with Crippen molar-refractivity contribution in [3.8, 4) is 22.8 Å². The molecule has 172 valence electrons. The molecule has 0 saturated carbocycles. The van der Waals surface area contributed by atoms with Gasteiger partial charge in [0.1, 0.15) is 6.54 Å². The Morgan fingerprint density at radius 2 is 1.82 bits per heavy atom. The normalized spacial score (nSPS) is 10.6. The number of hydrogen-bond acceptors (Lipinski definition) is 7. The molecule has 0 atom stereocenters. The van der Waals surface area contributed by atoms with Crippen molar-refractivity contribution in [3.63, 3.8) is 0 Å². The van der Waals surface area contributed by atoms with Gasteiger partial charge in [-0.25, -0.2) is 4.79 Å². The average molecular weight is 458 g/mol. The molecule has 0 aliphatic heterocycles. The van der Waals surface area contributed by atoms with Crippen LogP contribution in [-0.2, 0) is 16.1 Å². The van der Waals surface area contributed by atoms with E-state index in [1.807, 2.05) is 31.2 Å². The first-order chi connectivity index (χ1) is 16.4. The maximum absolute atomic E-state index is 12.6. The quantitative estimate of drug-likeness (QED) is 0.420. The molecule has 1 N–H and O–H groups in total. The fourth-order valence-corrected chi connectivity index (χ4v) is 3.24. The molecule has 0 spiro atoms. The molecule has 1 amide bonds. The molecule has 34 heavy (non-hydrogen) atoms. The molecule has 2 aromatic heterocycles. The lowest BCUT2D eigenvalue weighted by atomic mass is 10.1. The Bertz CT molecular complexity index is 1390. The summed E-state index contributed by atoms with van der Waals surface area (Å²) in [6, 6.07) is 17.0. The van der Waals surface area contributed by atoms with E-state index in [9.17, 15) is 14.4 Å². The van der Waals surface area contributed by atoms with Gasteiger partial charge in [-0.3, -0.25) is 9.59 Å². The van der Waals surface area contributed by atoms with Crippen LogP contribution in [0.5, 0.6) is 0 Å². The molecule has 4 aromatic rings. The Hall–Kier alpha value is -4.53. The number of hydrogen-bond donors (Lipinski definition) is 1. The van der Waals surface area contributed by atoms with Crippen LogP contribution >= 0.6 is 0 Å². The average Bonchev–Trinajstić information content (AvgIpc) is 3.31. The maximum Gasteiger partial charge on any atom is 0.338 e. The van der Waals surface area contributed by atoms with Crippen LogP contribution in [0.3, 0.4) is 0 Å². The highest BCUT2D eigenvalue weighted by Crippen LogP contribution is 2.22. The van der Waals surface area contributed by atoms with E-state index in [2.05, 4.69) is 15.5 Å². The van der Waals surface area contributed by atoms with Crippen molar-refractivity contribution in [2.75, 3.05) is 11.9 Å². The molecule has 0 aliphatic carbocycles. The number of amides is 1. The van der Waals surface area contributed by atoms with Gasteiger partial charge in [-0.2, -0.15) is 4.98 Å². The van der Waals surface area contributed by atoms with Gasteiger partial charge in [-0.15, -0.1) is 0 Å². The largest absolute Gasteiger partial charge is 0.462 e. The summed E-state index contributed by atoms with van der Waals surface area (Å²) in [4.78, 5) is 41.2. The lowest BCUT2D eigenvalue weighted by Gasteiger charge is -2.09. The number of benzene rings is 2. The summed E-state index contributed by atoms with van der Waals surface area (Å²) in [5.74, 6) is -0.267. The van der Waals surface area contributed by atoms with Gasteiger partial charge >= 0.3 is 5.97 Å². The Morgan fingerprint density at radius 1 is 1.06 bits per heavy atom. The third-order valence-electron chi connectivity index (χ3n) is 4.94. The highest BCUT2D eigenvalue weighted by molar-refractivity contribution is 5.94. The third-order valence-corrected chi connectivity index (χ3v) is 4.94. The fourth-order valence-electron chi connectivity index (χ4n) is 3.24. The lowest BCUT2D eigenvalue weighted by molar-refractivity contribution is -0.116. The van der Waals surface area contributed by atoms with Crippen LogP contribution in [0.25, 0.3) is 22.8 Å². The second-order valence-corrected chi connectivity index (χ2v) is 7.52. The smallest absolute Gasteiger partial charge is 0.338 e. The van der Waals surface area contributed by atoms with Crippen LogP contribution in [0, 0.1) is 6.92 Å². The van der Waals surface area contributed by atoms with Crippen LogP contribution in [0.2, 0.25) is 0 Å². The molecular weight excluding hydrogens is 436 g/mol. The molecule has 0 unspecified atom stereocenters. The summed E-state index contributed by atoms with van der Waals surface area (Å²) in [5.41, 5.74) is 2.79. The Labute approximate surface area is 195 Å². The minimum Gasteiger partial charge on any atom is -0.462 e. The number of pyridine rings is 1. The monoisotopic (exact) mass is 458 g/mol. The second-order valence-electron chi connectivity index (χ2n) is 7.52. The van der Waals surface area contributed by atoms with E-state index in [1.54, 1.807) is 31.2 Å². The molecule has 2 heterocycles. The molecule has 0 bridgehead atoms. The molecular formula is C25H22N4O5. The highest BCUT2D eigenvalue weighted by atomic mass is 16.5. The standard InChI is InChI=1S/C25H22N4O5/c1-3-33-25(32)18-5-4-6-20(13-18)26-21(30)15-29-14-19(11-12-22(29)31)24-27-23(28-34-24)17-9-7-16(2)8-10-17/h4-14H,3,15H2,1-2H3,(H,26,30). The summed E-state index contributed by atoms with van der Waals surface area (Å²) in [6.45, 7) is 3.71. The number of esters is 1. The van der Waals surface area contributed by atoms with Gasteiger partial charge in [0.05, 0.1) is 17.7 Å². The van der Waals surface area contributed by atoms with Gasteiger partial charge in [0, 0.05) is 23.5 Å². The van der Waals surface area contributed by atoms with E-state index in [1.165, 1.54) is 22.9 Å². The van der Waals surface area contributed by atoms with Crippen LogP contribution in [0.4, 0.5) is 5.69 Å². The van der Waals surface area contributed by atoms with Crippen LogP contribution < -0.4 is 10.9 Å². The van der Waals surface area contributed by atoms with E-state index < -0.39 is 11.9 Å². The minimum absolute atomic E-state index is 0.229. The molecule has 2 aromatic carbocycles. The molecule has 0 fully saturated rings. The van der Waals surface area contributed by atoms with Crippen molar-refractivity contribution in [2.24, 2.45) is 0 Å². The number of nitrogens with zero attached hydrogens (tertiary/aromatic N) is 3. The fraction of sp³-hybridized carbons (Fsp3) is 0.160.